The molecule has 1 aromatic carbocycles. The molecule has 1 saturated heterocycles. The number of rotatable bonds is 2. The second-order valence-corrected chi connectivity index (χ2v) is 7.09. The summed E-state index contributed by atoms with van der Waals surface area (Å²) in [6, 6.07) is 2.02. The molecule has 4 rings (SSSR count). The number of anilines is 1. The zero-order valence-corrected chi connectivity index (χ0v) is 14.3. The van der Waals surface area contributed by atoms with Crippen molar-refractivity contribution in [2.45, 2.75) is 11.4 Å². The number of hydrogen-bond acceptors (Lipinski definition) is 5. The number of fused-ring (bicyclic) bond motifs is 1. The Morgan fingerprint density at radius 2 is 1.92 bits per heavy atom. The van der Waals surface area contributed by atoms with Crippen LogP contribution in [0.5, 0.6) is 0 Å². The molecule has 0 unspecified atom stereocenters. The predicted molar refractivity (Wildman–Crippen MR) is 89.9 cm³/mol. The average molecular weight is 370 g/mol. The van der Waals surface area contributed by atoms with Crippen LogP contribution in [0.1, 0.15) is 5.56 Å². The number of thioether (sulfide) groups is 1. The van der Waals surface area contributed by atoms with Gasteiger partial charge in [0.15, 0.2) is 5.82 Å². The number of morpholine rings is 1. The minimum absolute atomic E-state index is 0.0294. The third kappa shape index (κ3) is 2.85. The zero-order chi connectivity index (χ0) is 16.7. The Bertz CT molecular complexity index is 799. The molecule has 126 valence electrons. The van der Waals surface area contributed by atoms with Crippen molar-refractivity contribution in [1.82, 2.24) is 9.97 Å². The molecule has 0 bridgehead atoms. The van der Waals surface area contributed by atoms with Crippen molar-refractivity contribution in [2.75, 3.05) is 37.0 Å². The highest BCUT2D eigenvalue weighted by Gasteiger charge is 2.26. The Labute approximate surface area is 147 Å². The van der Waals surface area contributed by atoms with E-state index in [4.69, 9.17) is 16.3 Å². The summed E-state index contributed by atoms with van der Waals surface area (Å²) in [5, 5.41) is 0.594. The fraction of sp³-hybridized carbons (Fsp3) is 0.375. The highest BCUT2D eigenvalue weighted by molar-refractivity contribution is 7.99. The highest BCUT2D eigenvalue weighted by Crippen LogP contribution is 2.38. The second kappa shape index (κ2) is 6.46. The maximum atomic E-state index is 14.3. The monoisotopic (exact) mass is 369 g/mol. The fourth-order valence-electron chi connectivity index (χ4n) is 2.89. The molecule has 0 spiro atoms. The molecule has 0 atom stereocenters. The molecule has 2 aromatic rings. The van der Waals surface area contributed by atoms with Crippen molar-refractivity contribution in [2.24, 2.45) is 0 Å². The first kappa shape index (κ1) is 16.1. The van der Waals surface area contributed by atoms with Crippen LogP contribution in [0.15, 0.2) is 17.2 Å². The molecule has 0 amide bonds. The van der Waals surface area contributed by atoms with Gasteiger partial charge in [0.05, 0.1) is 23.8 Å². The Kier molecular flexibility index (Phi) is 4.32. The van der Waals surface area contributed by atoms with Gasteiger partial charge in [-0.3, -0.25) is 0 Å². The van der Waals surface area contributed by atoms with Gasteiger partial charge in [-0.05, 0) is 18.6 Å². The van der Waals surface area contributed by atoms with Gasteiger partial charge < -0.3 is 9.64 Å². The molecular formula is C16H14ClF2N3OS. The van der Waals surface area contributed by atoms with Crippen LogP contribution in [-0.4, -0.2) is 42.0 Å². The molecule has 2 aliphatic rings. The van der Waals surface area contributed by atoms with Crippen molar-refractivity contribution in [3.8, 4) is 11.4 Å². The third-order valence-electron chi connectivity index (χ3n) is 4.10. The number of halogens is 3. The lowest BCUT2D eigenvalue weighted by atomic mass is 10.1. The van der Waals surface area contributed by atoms with Gasteiger partial charge in [-0.2, -0.15) is 0 Å². The van der Waals surface area contributed by atoms with Gasteiger partial charge in [0.2, 0.25) is 0 Å². The Morgan fingerprint density at radius 3 is 2.71 bits per heavy atom. The van der Waals surface area contributed by atoms with E-state index in [1.54, 1.807) is 11.8 Å². The molecule has 1 aromatic heterocycles. The molecule has 4 nitrogen and oxygen atoms in total. The summed E-state index contributed by atoms with van der Waals surface area (Å²) < 4.78 is 33.4. The van der Waals surface area contributed by atoms with Crippen LogP contribution in [0, 0.1) is 11.6 Å². The van der Waals surface area contributed by atoms with Gasteiger partial charge >= 0.3 is 0 Å². The molecule has 2 aliphatic heterocycles. The zero-order valence-electron chi connectivity index (χ0n) is 12.7. The van der Waals surface area contributed by atoms with Crippen LogP contribution < -0.4 is 4.90 Å². The van der Waals surface area contributed by atoms with Crippen LogP contribution in [0.2, 0.25) is 5.02 Å². The van der Waals surface area contributed by atoms with Gasteiger partial charge in [-0.15, -0.1) is 11.8 Å². The normalized spacial score (nSPS) is 17.2. The van der Waals surface area contributed by atoms with Crippen LogP contribution >= 0.6 is 23.4 Å². The van der Waals surface area contributed by atoms with E-state index in [-0.39, 0.29) is 16.4 Å². The van der Waals surface area contributed by atoms with Crippen LogP contribution in [0.3, 0.4) is 0 Å². The van der Waals surface area contributed by atoms with Crippen molar-refractivity contribution in [3.05, 3.63) is 34.4 Å². The first-order valence-corrected chi connectivity index (χ1v) is 9.01. The van der Waals surface area contributed by atoms with Crippen LogP contribution in [0.25, 0.3) is 11.4 Å². The molecule has 3 heterocycles. The summed E-state index contributed by atoms with van der Waals surface area (Å²) in [7, 11) is 0. The van der Waals surface area contributed by atoms with Gasteiger partial charge in [-0.1, -0.05) is 11.6 Å². The van der Waals surface area contributed by atoms with Crippen LogP contribution in [0.4, 0.5) is 14.6 Å². The van der Waals surface area contributed by atoms with Gasteiger partial charge in [0.25, 0.3) is 0 Å². The van der Waals surface area contributed by atoms with Crippen LogP contribution in [-0.2, 0) is 11.2 Å². The summed E-state index contributed by atoms with van der Waals surface area (Å²) in [6.07, 6.45) is 0.879. The van der Waals surface area contributed by atoms with E-state index < -0.39 is 11.6 Å². The van der Waals surface area contributed by atoms with Gasteiger partial charge in [0, 0.05) is 24.4 Å². The second-order valence-electron chi connectivity index (χ2n) is 5.60. The lowest BCUT2D eigenvalue weighted by Gasteiger charge is -2.29. The quantitative estimate of drug-likeness (QED) is 0.597. The smallest absolute Gasteiger partial charge is 0.165 e. The first-order chi connectivity index (χ1) is 11.6. The van der Waals surface area contributed by atoms with E-state index in [0.717, 1.165) is 53.8 Å². The average Bonchev–Trinajstić information content (AvgIpc) is 3.06. The molecule has 8 heteroatoms. The highest BCUT2D eigenvalue weighted by atomic mass is 35.5. The molecule has 1 fully saturated rings. The number of hydrogen-bond donors (Lipinski definition) is 0. The molecule has 0 aliphatic carbocycles. The van der Waals surface area contributed by atoms with Crippen molar-refractivity contribution in [3.63, 3.8) is 0 Å². The minimum atomic E-state index is -0.683. The van der Waals surface area contributed by atoms with E-state index in [2.05, 4.69) is 14.9 Å². The van der Waals surface area contributed by atoms with E-state index in [0.29, 0.717) is 13.2 Å². The minimum Gasteiger partial charge on any atom is -0.378 e. The predicted octanol–water partition coefficient (Wildman–Crippen LogP) is 3.56. The Balaban J connectivity index is 1.84. The summed E-state index contributed by atoms with van der Waals surface area (Å²) in [6.45, 7) is 2.71. The standard InChI is InChI=1S/C16H14ClF2N3OS/c17-11-8-12(18)10(7-13(11)19)14-20-15(22-2-4-23-5-3-22)9-1-6-24-16(9)21-14/h7-8H,1-6H2. The Hall–Kier alpha value is -1.44. The molecule has 24 heavy (non-hydrogen) atoms. The summed E-state index contributed by atoms with van der Waals surface area (Å²) >= 11 is 7.25. The van der Waals surface area contributed by atoms with E-state index in [1.807, 2.05) is 0 Å². The van der Waals surface area contributed by atoms with E-state index in [1.165, 1.54) is 0 Å². The van der Waals surface area contributed by atoms with E-state index in [9.17, 15) is 8.78 Å². The van der Waals surface area contributed by atoms with Crippen molar-refractivity contribution < 1.29 is 13.5 Å². The Morgan fingerprint density at radius 1 is 1.12 bits per heavy atom. The molecular weight excluding hydrogens is 356 g/mol. The molecule has 0 saturated carbocycles. The lowest BCUT2D eigenvalue weighted by Crippen LogP contribution is -2.37. The fourth-order valence-corrected chi connectivity index (χ4v) is 4.06. The number of aromatic nitrogens is 2. The first-order valence-electron chi connectivity index (χ1n) is 7.65. The van der Waals surface area contributed by atoms with Gasteiger partial charge in [-0.25, -0.2) is 18.7 Å². The van der Waals surface area contributed by atoms with Gasteiger partial charge in [0.1, 0.15) is 22.5 Å². The summed E-state index contributed by atoms with van der Waals surface area (Å²) in [5.41, 5.74) is 1.11. The van der Waals surface area contributed by atoms with Crippen molar-refractivity contribution in [1.29, 1.82) is 0 Å². The summed E-state index contributed by atoms with van der Waals surface area (Å²) in [4.78, 5) is 11.1. The van der Waals surface area contributed by atoms with E-state index >= 15 is 0 Å². The SMILES string of the molecule is Fc1cc(-c2nc3c(c(N4CCOCC4)n2)CCS3)c(F)cc1Cl. The topological polar surface area (TPSA) is 38.2 Å². The number of benzene rings is 1. The maximum absolute atomic E-state index is 14.3. The lowest BCUT2D eigenvalue weighted by molar-refractivity contribution is 0.122. The maximum Gasteiger partial charge on any atom is 0.165 e. The summed E-state index contributed by atoms with van der Waals surface area (Å²) in [5.74, 6) is 0.605. The largest absolute Gasteiger partial charge is 0.378 e. The third-order valence-corrected chi connectivity index (χ3v) is 5.41. The molecule has 0 N–H and O–H groups in total. The van der Waals surface area contributed by atoms with Crippen molar-refractivity contribution >= 4 is 29.2 Å². The number of ether oxygens (including phenoxy) is 1. The molecule has 0 radical (unpaired) electrons. The number of nitrogens with zero attached hydrogens (tertiary/aromatic N) is 3.